The number of ether oxygens (including phenoxy) is 1. The minimum atomic E-state index is -0.395. The third-order valence-corrected chi connectivity index (χ3v) is 7.10. The number of carbonyl (C=O) groups is 2. The molecule has 2 N–H and O–H groups in total. The molecule has 0 atom stereocenters. The number of aryl methyl sites for hydroxylation is 1. The fourth-order valence-electron chi connectivity index (χ4n) is 4.22. The molecule has 1 aliphatic heterocycles. The lowest BCUT2D eigenvalue weighted by atomic mass is 10.1. The van der Waals surface area contributed by atoms with Gasteiger partial charge in [-0.3, -0.25) is 14.9 Å². The van der Waals surface area contributed by atoms with Crippen molar-refractivity contribution < 1.29 is 14.3 Å². The maximum atomic E-state index is 13.0. The highest BCUT2D eigenvalue weighted by Gasteiger charge is 2.23. The number of amides is 2. The highest BCUT2D eigenvalue weighted by molar-refractivity contribution is 7.80. The van der Waals surface area contributed by atoms with Crippen LogP contribution < -0.4 is 20.3 Å². The van der Waals surface area contributed by atoms with E-state index in [1.165, 1.54) is 0 Å². The summed E-state index contributed by atoms with van der Waals surface area (Å²) in [5, 5.41) is 6.67. The van der Waals surface area contributed by atoms with E-state index in [2.05, 4.69) is 22.5 Å². The third kappa shape index (κ3) is 7.41. The van der Waals surface area contributed by atoms with Crippen LogP contribution in [0.2, 0.25) is 10.0 Å². The van der Waals surface area contributed by atoms with Crippen molar-refractivity contribution in [3.63, 3.8) is 0 Å². The van der Waals surface area contributed by atoms with Crippen molar-refractivity contribution in [2.75, 3.05) is 43.0 Å². The number of benzene rings is 3. The van der Waals surface area contributed by atoms with Crippen molar-refractivity contribution in [3.8, 4) is 5.75 Å². The molecule has 3 aromatic rings. The Labute approximate surface area is 244 Å². The average Bonchev–Trinajstić information content (AvgIpc) is 2.92. The van der Waals surface area contributed by atoms with Gasteiger partial charge < -0.3 is 19.9 Å². The van der Waals surface area contributed by atoms with E-state index < -0.39 is 5.91 Å². The van der Waals surface area contributed by atoms with Crippen molar-refractivity contribution in [1.29, 1.82) is 0 Å². The molecule has 0 saturated carbocycles. The molecule has 0 unspecified atom stereocenters. The average molecular weight is 586 g/mol. The number of halogens is 2. The maximum absolute atomic E-state index is 13.0. The summed E-state index contributed by atoms with van der Waals surface area (Å²) in [6, 6.07) is 18.0. The van der Waals surface area contributed by atoms with E-state index in [0.29, 0.717) is 59.6 Å². The Balaban J connectivity index is 1.30. The van der Waals surface area contributed by atoms with Crippen molar-refractivity contribution in [1.82, 2.24) is 10.2 Å². The second kappa shape index (κ2) is 13.2. The van der Waals surface area contributed by atoms with Crippen LogP contribution in [-0.4, -0.2) is 54.6 Å². The van der Waals surface area contributed by atoms with Crippen LogP contribution in [0, 0.1) is 6.92 Å². The lowest BCUT2D eigenvalue weighted by Gasteiger charge is -2.36. The van der Waals surface area contributed by atoms with Crippen LogP contribution >= 0.6 is 35.4 Å². The van der Waals surface area contributed by atoms with Gasteiger partial charge in [0.1, 0.15) is 5.75 Å². The van der Waals surface area contributed by atoms with E-state index in [9.17, 15) is 9.59 Å². The normalized spacial score (nSPS) is 13.1. The van der Waals surface area contributed by atoms with Gasteiger partial charge in [-0.25, -0.2) is 0 Å². The monoisotopic (exact) mass is 584 g/mol. The van der Waals surface area contributed by atoms with Crippen molar-refractivity contribution in [3.05, 3.63) is 87.4 Å². The predicted molar refractivity (Wildman–Crippen MR) is 162 cm³/mol. The minimum absolute atomic E-state index is 0.00446. The van der Waals surface area contributed by atoms with Gasteiger partial charge in [-0.05, 0) is 85.7 Å². The van der Waals surface area contributed by atoms with Crippen LogP contribution in [0.15, 0.2) is 60.7 Å². The third-order valence-electron chi connectivity index (χ3n) is 6.28. The Morgan fingerprint density at radius 1 is 0.949 bits per heavy atom. The number of rotatable bonds is 7. The second-order valence-electron chi connectivity index (χ2n) is 9.21. The van der Waals surface area contributed by atoms with Crippen LogP contribution in [0.5, 0.6) is 5.75 Å². The van der Waals surface area contributed by atoms with Crippen LogP contribution in [0.1, 0.15) is 39.6 Å². The zero-order valence-electron chi connectivity index (χ0n) is 21.8. The van der Waals surface area contributed by atoms with Gasteiger partial charge in [-0.1, -0.05) is 36.2 Å². The van der Waals surface area contributed by atoms with Crippen LogP contribution in [-0.2, 0) is 0 Å². The number of carbonyl (C=O) groups excluding carboxylic acids is 2. The molecule has 0 aromatic heterocycles. The van der Waals surface area contributed by atoms with Crippen molar-refractivity contribution in [2.24, 2.45) is 0 Å². The molecule has 10 heteroatoms. The Morgan fingerprint density at radius 3 is 2.31 bits per heavy atom. The first-order chi connectivity index (χ1) is 18.7. The zero-order chi connectivity index (χ0) is 27.9. The van der Waals surface area contributed by atoms with Gasteiger partial charge in [0.15, 0.2) is 5.11 Å². The van der Waals surface area contributed by atoms with Gasteiger partial charge in [-0.2, -0.15) is 0 Å². The summed E-state index contributed by atoms with van der Waals surface area (Å²) in [6.07, 6.45) is 0.935. The quantitative estimate of drug-likeness (QED) is 0.323. The molecule has 0 aliphatic carbocycles. The number of nitrogens with one attached hydrogen (secondary N) is 2. The molecule has 3 aromatic carbocycles. The Bertz CT molecular complexity index is 1360. The predicted octanol–water partition coefficient (Wildman–Crippen LogP) is 6.18. The van der Waals surface area contributed by atoms with Gasteiger partial charge in [0.2, 0.25) is 0 Å². The fourth-order valence-corrected chi connectivity index (χ4v) is 5.06. The van der Waals surface area contributed by atoms with E-state index in [4.69, 9.17) is 40.2 Å². The molecule has 39 heavy (non-hydrogen) atoms. The Morgan fingerprint density at radius 2 is 1.67 bits per heavy atom. The summed E-state index contributed by atoms with van der Waals surface area (Å²) in [6.45, 7) is 7.08. The molecule has 0 radical (unpaired) electrons. The largest absolute Gasteiger partial charge is 0.494 e. The first kappa shape index (κ1) is 28.7. The van der Waals surface area contributed by atoms with E-state index in [-0.39, 0.29) is 11.0 Å². The highest BCUT2D eigenvalue weighted by atomic mass is 35.5. The van der Waals surface area contributed by atoms with Gasteiger partial charge in [0, 0.05) is 37.4 Å². The molecular formula is C29H30Cl2N4O3S. The number of hydrogen-bond donors (Lipinski definition) is 2. The SMILES string of the molecule is CCCOc1ccc(C(=O)N2CCN(c3ccc(NC(=S)NC(=O)c4ccc(C)cc4Cl)cc3Cl)CC2)cc1. The summed E-state index contributed by atoms with van der Waals surface area (Å²) in [5.74, 6) is 0.378. The van der Waals surface area contributed by atoms with E-state index in [0.717, 1.165) is 23.4 Å². The van der Waals surface area contributed by atoms with Crippen molar-refractivity contribution in [2.45, 2.75) is 20.3 Å². The summed E-state index contributed by atoms with van der Waals surface area (Å²) < 4.78 is 5.60. The fraction of sp³-hybridized carbons (Fsp3) is 0.276. The molecule has 1 fully saturated rings. The van der Waals surface area contributed by atoms with Gasteiger partial charge >= 0.3 is 0 Å². The van der Waals surface area contributed by atoms with Crippen LogP contribution in [0.4, 0.5) is 11.4 Å². The summed E-state index contributed by atoms with van der Waals surface area (Å²) >= 11 is 18.1. The van der Waals surface area contributed by atoms with E-state index >= 15 is 0 Å². The minimum Gasteiger partial charge on any atom is -0.494 e. The molecule has 4 rings (SSSR count). The van der Waals surface area contributed by atoms with Gasteiger partial charge in [0.25, 0.3) is 11.8 Å². The number of piperazine rings is 1. The standard InChI is InChI=1S/C29H30Cl2N4O3S/c1-3-16-38-22-8-5-20(6-9-22)28(37)35-14-12-34(13-15-35)26-11-7-21(18-25(26)31)32-29(39)33-27(36)23-10-4-19(2)17-24(23)30/h4-11,17-18H,3,12-16H2,1-2H3,(H2,32,33,36,39). The number of hydrogen-bond acceptors (Lipinski definition) is 5. The van der Waals surface area contributed by atoms with E-state index in [1.54, 1.807) is 18.2 Å². The van der Waals surface area contributed by atoms with Gasteiger partial charge in [-0.15, -0.1) is 0 Å². The van der Waals surface area contributed by atoms with Crippen LogP contribution in [0.25, 0.3) is 0 Å². The molecule has 0 bridgehead atoms. The van der Waals surface area contributed by atoms with Crippen LogP contribution in [0.3, 0.4) is 0 Å². The lowest BCUT2D eigenvalue weighted by Crippen LogP contribution is -2.48. The Hall–Kier alpha value is -3.33. The van der Waals surface area contributed by atoms with Crippen molar-refractivity contribution >= 4 is 63.7 Å². The number of anilines is 2. The molecule has 1 heterocycles. The molecule has 1 aliphatic rings. The Kier molecular flexibility index (Phi) is 9.67. The molecule has 7 nitrogen and oxygen atoms in total. The van der Waals surface area contributed by atoms with E-state index in [1.807, 2.05) is 54.3 Å². The lowest BCUT2D eigenvalue weighted by molar-refractivity contribution is 0.0746. The van der Waals surface area contributed by atoms with Gasteiger partial charge in [0.05, 0.1) is 27.9 Å². The zero-order valence-corrected chi connectivity index (χ0v) is 24.1. The topological polar surface area (TPSA) is 73.9 Å². The second-order valence-corrected chi connectivity index (χ2v) is 10.4. The maximum Gasteiger partial charge on any atom is 0.258 e. The molecular weight excluding hydrogens is 555 g/mol. The molecule has 0 spiro atoms. The number of thiocarbonyl (C=S) groups is 1. The summed E-state index contributed by atoms with van der Waals surface area (Å²) in [5.41, 5.74) is 3.46. The smallest absolute Gasteiger partial charge is 0.258 e. The summed E-state index contributed by atoms with van der Waals surface area (Å²) in [7, 11) is 0. The molecule has 204 valence electrons. The first-order valence-electron chi connectivity index (χ1n) is 12.7. The highest BCUT2D eigenvalue weighted by Crippen LogP contribution is 2.30. The first-order valence-corrected chi connectivity index (χ1v) is 13.9. The molecule has 1 saturated heterocycles. The summed E-state index contributed by atoms with van der Waals surface area (Å²) in [4.78, 5) is 29.5. The molecule has 2 amide bonds. The number of nitrogens with zero attached hydrogens (tertiary/aromatic N) is 2.